The Morgan fingerprint density at radius 2 is 1.94 bits per heavy atom. The molecule has 32 heavy (non-hydrogen) atoms. The van der Waals surface area contributed by atoms with Crippen molar-refractivity contribution < 1.29 is 14.3 Å². The highest BCUT2D eigenvalue weighted by atomic mass is 16.4. The van der Waals surface area contributed by atoms with Crippen LogP contribution in [-0.2, 0) is 7.05 Å². The highest BCUT2D eigenvalue weighted by Crippen LogP contribution is 2.34. The van der Waals surface area contributed by atoms with Crippen molar-refractivity contribution in [2.75, 3.05) is 23.3 Å². The molecule has 0 unspecified atom stereocenters. The van der Waals surface area contributed by atoms with Crippen molar-refractivity contribution in [1.82, 2.24) is 9.78 Å². The van der Waals surface area contributed by atoms with Crippen molar-refractivity contribution in [3.63, 3.8) is 0 Å². The first kappa shape index (κ1) is 21.9. The molecule has 8 nitrogen and oxygen atoms in total. The van der Waals surface area contributed by atoms with Gasteiger partial charge in [0, 0.05) is 31.8 Å². The number of benzene rings is 1. The summed E-state index contributed by atoms with van der Waals surface area (Å²) in [7, 11) is 1.69. The zero-order valence-electron chi connectivity index (χ0n) is 19.2. The Morgan fingerprint density at radius 3 is 2.59 bits per heavy atom. The molecule has 170 valence electrons. The number of rotatable bonds is 5. The number of piperidine rings is 1. The second-order valence-electron chi connectivity index (χ2n) is 9.53. The van der Waals surface area contributed by atoms with Crippen LogP contribution in [0.2, 0.25) is 0 Å². The first-order valence-corrected chi connectivity index (χ1v) is 10.9. The Hall–Kier alpha value is -3.29. The molecule has 0 amide bonds. The third-order valence-corrected chi connectivity index (χ3v) is 6.41. The number of nitrogens with one attached hydrogen (secondary N) is 1. The van der Waals surface area contributed by atoms with Gasteiger partial charge in [-0.15, -0.1) is 0 Å². The lowest BCUT2D eigenvalue weighted by Gasteiger charge is -2.37. The predicted molar refractivity (Wildman–Crippen MR) is 125 cm³/mol. The van der Waals surface area contributed by atoms with Crippen molar-refractivity contribution in [2.45, 2.75) is 46.6 Å². The minimum Gasteiger partial charge on any atom is -0.477 e. The van der Waals surface area contributed by atoms with E-state index >= 15 is 0 Å². The molecule has 3 aromatic rings. The van der Waals surface area contributed by atoms with Gasteiger partial charge in [-0.3, -0.25) is 9.48 Å². The molecule has 1 saturated heterocycles. The Bertz CT molecular complexity index is 1230. The van der Waals surface area contributed by atoms with Gasteiger partial charge in [0.2, 0.25) is 0 Å². The predicted octanol–water partition coefficient (Wildman–Crippen LogP) is 4.33. The molecule has 8 heteroatoms. The molecule has 1 aliphatic heterocycles. The Kier molecular flexibility index (Phi) is 5.48. The van der Waals surface area contributed by atoms with Crippen LogP contribution < -0.4 is 15.6 Å². The third kappa shape index (κ3) is 4.09. The SMILES string of the molecule is Cc1cc([C@@H](C)Nc2c(C(=O)O)cnn2C)c2oc(N3CCC(C)(C)CC3)cc(=O)c2c1. The van der Waals surface area contributed by atoms with Gasteiger partial charge in [0.15, 0.2) is 11.3 Å². The number of fused-ring (bicyclic) bond motifs is 1. The summed E-state index contributed by atoms with van der Waals surface area (Å²) in [5.41, 5.74) is 2.57. The fourth-order valence-corrected chi connectivity index (χ4v) is 4.28. The Balaban J connectivity index is 1.76. The lowest BCUT2D eigenvalue weighted by atomic mass is 9.83. The van der Waals surface area contributed by atoms with Gasteiger partial charge in [0.25, 0.3) is 0 Å². The van der Waals surface area contributed by atoms with Gasteiger partial charge in [-0.05, 0) is 43.7 Å². The normalized spacial score (nSPS) is 16.8. The standard InChI is InChI=1S/C24H30N4O4/c1-14-10-16(15(2)26-22-18(23(30)31)13-25-27(22)5)21-17(11-14)19(29)12-20(32-21)28-8-6-24(3,4)7-9-28/h10-13,15,26H,6-9H2,1-5H3,(H,30,31)/t15-/m1/s1. The summed E-state index contributed by atoms with van der Waals surface area (Å²) in [5, 5.41) is 17.3. The van der Waals surface area contributed by atoms with E-state index in [9.17, 15) is 14.7 Å². The zero-order chi connectivity index (χ0) is 23.2. The van der Waals surface area contributed by atoms with Crippen LogP contribution in [0.25, 0.3) is 11.0 Å². The van der Waals surface area contributed by atoms with Crippen LogP contribution in [0.3, 0.4) is 0 Å². The molecule has 0 saturated carbocycles. The van der Waals surface area contributed by atoms with Crippen LogP contribution >= 0.6 is 0 Å². The van der Waals surface area contributed by atoms with Gasteiger partial charge in [-0.2, -0.15) is 5.10 Å². The molecular formula is C24H30N4O4. The number of carbonyl (C=O) groups is 1. The molecule has 1 fully saturated rings. The lowest BCUT2D eigenvalue weighted by Crippen LogP contribution is -2.37. The van der Waals surface area contributed by atoms with Crippen LogP contribution in [0.15, 0.2) is 33.6 Å². The fraction of sp³-hybridized carbons (Fsp3) is 0.458. The average molecular weight is 439 g/mol. The maximum Gasteiger partial charge on any atom is 0.341 e. The Morgan fingerprint density at radius 1 is 1.25 bits per heavy atom. The van der Waals surface area contributed by atoms with Crippen molar-refractivity contribution >= 4 is 28.6 Å². The number of carboxylic acids is 1. The molecule has 4 rings (SSSR count). The van der Waals surface area contributed by atoms with E-state index in [1.165, 1.54) is 10.9 Å². The molecule has 3 heterocycles. The summed E-state index contributed by atoms with van der Waals surface area (Å²) in [6, 6.07) is 5.09. The summed E-state index contributed by atoms with van der Waals surface area (Å²) in [6.07, 6.45) is 3.39. The number of aromatic carboxylic acids is 1. The number of hydrogen-bond acceptors (Lipinski definition) is 6. The van der Waals surface area contributed by atoms with Gasteiger partial charge in [-0.25, -0.2) is 4.79 Å². The summed E-state index contributed by atoms with van der Waals surface area (Å²) in [5.74, 6) is -0.0674. The van der Waals surface area contributed by atoms with Gasteiger partial charge in [0.05, 0.1) is 17.6 Å². The zero-order valence-corrected chi connectivity index (χ0v) is 19.2. The smallest absolute Gasteiger partial charge is 0.341 e. The molecular weight excluding hydrogens is 408 g/mol. The molecule has 0 radical (unpaired) electrons. The molecule has 0 spiro atoms. The highest BCUT2D eigenvalue weighted by molar-refractivity contribution is 5.93. The van der Waals surface area contributed by atoms with Crippen LogP contribution in [0.1, 0.15) is 61.1 Å². The number of aromatic nitrogens is 2. The number of aryl methyl sites for hydroxylation is 2. The van der Waals surface area contributed by atoms with E-state index in [0.717, 1.165) is 37.1 Å². The van der Waals surface area contributed by atoms with E-state index < -0.39 is 5.97 Å². The summed E-state index contributed by atoms with van der Waals surface area (Å²) < 4.78 is 7.83. The molecule has 0 aliphatic carbocycles. The topological polar surface area (TPSA) is 101 Å². The van der Waals surface area contributed by atoms with E-state index in [-0.39, 0.29) is 17.0 Å². The second kappa shape index (κ2) is 8.00. The largest absolute Gasteiger partial charge is 0.477 e. The Labute approximate surface area is 186 Å². The van der Waals surface area contributed by atoms with E-state index in [1.807, 2.05) is 26.0 Å². The minimum atomic E-state index is -1.05. The molecule has 2 N–H and O–H groups in total. The molecule has 0 bridgehead atoms. The van der Waals surface area contributed by atoms with Crippen molar-refractivity contribution in [2.24, 2.45) is 12.5 Å². The van der Waals surface area contributed by atoms with Crippen molar-refractivity contribution in [3.8, 4) is 0 Å². The lowest BCUT2D eigenvalue weighted by molar-refractivity contribution is 0.0698. The van der Waals surface area contributed by atoms with Crippen LogP contribution in [0.4, 0.5) is 11.7 Å². The van der Waals surface area contributed by atoms with Crippen molar-refractivity contribution in [3.05, 3.63) is 51.3 Å². The van der Waals surface area contributed by atoms with E-state index in [4.69, 9.17) is 4.42 Å². The van der Waals surface area contributed by atoms with Crippen LogP contribution in [0.5, 0.6) is 0 Å². The quantitative estimate of drug-likeness (QED) is 0.611. The van der Waals surface area contributed by atoms with Gasteiger partial charge in [-0.1, -0.05) is 19.9 Å². The molecule has 1 aromatic carbocycles. The van der Waals surface area contributed by atoms with Crippen molar-refractivity contribution in [1.29, 1.82) is 0 Å². The highest BCUT2D eigenvalue weighted by Gasteiger charge is 2.27. The van der Waals surface area contributed by atoms with Gasteiger partial charge < -0.3 is 19.7 Å². The van der Waals surface area contributed by atoms with Crippen LogP contribution in [-0.4, -0.2) is 33.9 Å². The number of nitrogens with zero attached hydrogens (tertiary/aromatic N) is 3. The van der Waals surface area contributed by atoms with E-state index in [1.54, 1.807) is 13.1 Å². The van der Waals surface area contributed by atoms with Crippen LogP contribution in [0, 0.1) is 12.3 Å². The molecule has 1 atom stereocenters. The number of hydrogen-bond donors (Lipinski definition) is 2. The first-order valence-electron chi connectivity index (χ1n) is 10.9. The molecule has 2 aromatic heterocycles. The van der Waals surface area contributed by atoms with Gasteiger partial charge >= 0.3 is 5.97 Å². The molecule has 1 aliphatic rings. The average Bonchev–Trinajstić information content (AvgIpc) is 3.08. The maximum atomic E-state index is 13.0. The van der Waals surface area contributed by atoms with E-state index in [0.29, 0.717) is 28.1 Å². The summed E-state index contributed by atoms with van der Waals surface area (Å²) >= 11 is 0. The number of anilines is 2. The maximum absolute atomic E-state index is 13.0. The monoisotopic (exact) mass is 438 g/mol. The summed E-state index contributed by atoms with van der Waals surface area (Å²) in [6.45, 7) is 10.1. The van der Waals surface area contributed by atoms with Gasteiger partial charge in [0.1, 0.15) is 17.0 Å². The second-order valence-corrected chi connectivity index (χ2v) is 9.53. The third-order valence-electron chi connectivity index (χ3n) is 6.41. The minimum absolute atomic E-state index is 0.0741. The first-order chi connectivity index (χ1) is 15.1. The summed E-state index contributed by atoms with van der Waals surface area (Å²) in [4.78, 5) is 26.7. The number of carboxylic acid groups (broad SMARTS) is 1. The van der Waals surface area contributed by atoms with E-state index in [2.05, 4.69) is 29.2 Å². The fourth-order valence-electron chi connectivity index (χ4n) is 4.28.